The molecule has 0 amide bonds. The second kappa shape index (κ2) is 3.21. The van der Waals surface area contributed by atoms with Gasteiger partial charge in [-0.25, -0.2) is 0 Å². The SMILES string of the molecule is NC1(CN(CC2CC2)CC2CC2)CC1. The minimum Gasteiger partial charge on any atom is -0.324 e. The molecule has 3 rings (SSSR count). The van der Waals surface area contributed by atoms with E-state index >= 15 is 0 Å². The Morgan fingerprint density at radius 1 is 1.00 bits per heavy atom. The number of nitrogens with zero attached hydrogens (tertiary/aromatic N) is 1. The number of rotatable bonds is 6. The van der Waals surface area contributed by atoms with Gasteiger partial charge in [0.05, 0.1) is 0 Å². The number of nitrogens with two attached hydrogens (primary N) is 1. The highest BCUT2D eigenvalue weighted by Gasteiger charge is 2.41. The molecule has 0 unspecified atom stereocenters. The molecule has 0 bridgehead atoms. The maximum atomic E-state index is 6.20. The standard InChI is InChI=1S/C12H22N2/c13-12(5-6-12)9-14(7-10-1-2-10)8-11-3-4-11/h10-11H,1-9,13H2. The van der Waals surface area contributed by atoms with E-state index in [0.29, 0.717) is 0 Å². The van der Waals surface area contributed by atoms with Gasteiger partial charge in [0.15, 0.2) is 0 Å². The van der Waals surface area contributed by atoms with Crippen LogP contribution in [0.25, 0.3) is 0 Å². The normalized spacial score (nSPS) is 29.6. The quantitative estimate of drug-likeness (QED) is 0.696. The molecule has 2 nitrogen and oxygen atoms in total. The maximum absolute atomic E-state index is 6.20. The summed E-state index contributed by atoms with van der Waals surface area (Å²) in [6.07, 6.45) is 8.41. The Hall–Kier alpha value is -0.0800. The summed E-state index contributed by atoms with van der Waals surface area (Å²) in [5.74, 6) is 2.05. The average Bonchev–Trinajstić information content (AvgIpc) is 2.83. The molecule has 3 saturated carbocycles. The lowest BCUT2D eigenvalue weighted by Gasteiger charge is -2.25. The second-order valence-electron chi connectivity index (χ2n) is 5.94. The van der Waals surface area contributed by atoms with Crippen molar-refractivity contribution in [2.75, 3.05) is 19.6 Å². The van der Waals surface area contributed by atoms with Crippen LogP contribution in [0, 0.1) is 11.8 Å². The van der Waals surface area contributed by atoms with Crippen LogP contribution in [0.3, 0.4) is 0 Å². The zero-order chi connectivity index (χ0) is 9.60. The van der Waals surface area contributed by atoms with Gasteiger partial charge in [-0.05, 0) is 50.4 Å². The Morgan fingerprint density at radius 2 is 1.50 bits per heavy atom. The molecular weight excluding hydrogens is 172 g/mol. The average molecular weight is 194 g/mol. The molecule has 0 aliphatic heterocycles. The topological polar surface area (TPSA) is 29.3 Å². The summed E-state index contributed by atoms with van der Waals surface area (Å²) in [6.45, 7) is 3.87. The zero-order valence-corrected chi connectivity index (χ0v) is 9.04. The van der Waals surface area contributed by atoms with Crippen molar-refractivity contribution < 1.29 is 0 Å². The largest absolute Gasteiger partial charge is 0.324 e. The first kappa shape index (κ1) is 9.17. The number of hydrogen-bond acceptors (Lipinski definition) is 2. The lowest BCUT2D eigenvalue weighted by molar-refractivity contribution is 0.231. The van der Waals surface area contributed by atoms with Gasteiger partial charge in [0.2, 0.25) is 0 Å². The molecule has 0 aromatic carbocycles. The second-order valence-corrected chi connectivity index (χ2v) is 5.94. The first-order chi connectivity index (χ1) is 6.73. The van der Waals surface area contributed by atoms with Crippen LogP contribution in [-0.4, -0.2) is 30.1 Å². The molecule has 0 heterocycles. The van der Waals surface area contributed by atoms with Gasteiger partial charge in [-0.3, -0.25) is 0 Å². The van der Waals surface area contributed by atoms with Crippen molar-refractivity contribution in [2.24, 2.45) is 17.6 Å². The molecule has 2 heteroatoms. The molecule has 0 atom stereocenters. The van der Waals surface area contributed by atoms with Crippen molar-refractivity contribution in [1.29, 1.82) is 0 Å². The molecule has 14 heavy (non-hydrogen) atoms. The molecule has 3 aliphatic carbocycles. The maximum Gasteiger partial charge on any atom is 0.0284 e. The Morgan fingerprint density at radius 3 is 1.86 bits per heavy atom. The minimum absolute atomic E-state index is 0.226. The van der Waals surface area contributed by atoms with E-state index < -0.39 is 0 Å². The molecule has 0 aromatic heterocycles. The highest BCUT2D eigenvalue weighted by atomic mass is 15.2. The number of hydrogen-bond donors (Lipinski definition) is 1. The summed E-state index contributed by atoms with van der Waals surface area (Å²) in [7, 11) is 0. The van der Waals surface area contributed by atoms with Crippen molar-refractivity contribution in [3.05, 3.63) is 0 Å². The van der Waals surface area contributed by atoms with E-state index in [9.17, 15) is 0 Å². The van der Waals surface area contributed by atoms with Crippen LogP contribution in [0.1, 0.15) is 38.5 Å². The highest BCUT2D eigenvalue weighted by molar-refractivity contribution is 5.02. The van der Waals surface area contributed by atoms with Crippen LogP contribution in [-0.2, 0) is 0 Å². The fourth-order valence-corrected chi connectivity index (χ4v) is 2.30. The van der Waals surface area contributed by atoms with Crippen LogP contribution in [0.5, 0.6) is 0 Å². The minimum atomic E-state index is 0.226. The van der Waals surface area contributed by atoms with E-state index in [1.54, 1.807) is 0 Å². The summed E-state index contributed by atoms with van der Waals surface area (Å²) in [5, 5.41) is 0. The molecule has 0 saturated heterocycles. The molecule has 2 N–H and O–H groups in total. The summed E-state index contributed by atoms with van der Waals surface area (Å²) in [4.78, 5) is 2.67. The molecular formula is C12H22N2. The summed E-state index contributed by atoms with van der Waals surface area (Å²) in [6, 6.07) is 0. The van der Waals surface area contributed by atoms with Crippen molar-refractivity contribution in [1.82, 2.24) is 4.90 Å². The smallest absolute Gasteiger partial charge is 0.0284 e. The van der Waals surface area contributed by atoms with Crippen molar-refractivity contribution >= 4 is 0 Å². The summed E-state index contributed by atoms with van der Waals surface area (Å²) < 4.78 is 0. The van der Waals surface area contributed by atoms with E-state index in [0.717, 1.165) is 11.8 Å². The van der Waals surface area contributed by atoms with Crippen molar-refractivity contribution in [2.45, 2.75) is 44.1 Å². The van der Waals surface area contributed by atoms with E-state index in [1.165, 1.54) is 58.2 Å². The summed E-state index contributed by atoms with van der Waals surface area (Å²) >= 11 is 0. The Bertz CT molecular complexity index is 200. The van der Waals surface area contributed by atoms with Crippen LogP contribution in [0.2, 0.25) is 0 Å². The third-order valence-electron chi connectivity index (χ3n) is 3.86. The Kier molecular flexibility index (Phi) is 2.10. The molecule has 0 aromatic rings. The Balaban J connectivity index is 1.49. The van der Waals surface area contributed by atoms with Crippen molar-refractivity contribution in [3.63, 3.8) is 0 Å². The van der Waals surface area contributed by atoms with Gasteiger partial charge in [-0.15, -0.1) is 0 Å². The molecule has 3 fully saturated rings. The van der Waals surface area contributed by atoms with Crippen LogP contribution in [0.4, 0.5) is 0 Å². The van der Waals surface area contributed by atoms with Crippen LogP contribution < -0.4 is 5.73 Å². The Labute approximate surface area is 86.8 Å². The predicted octanol–water partition coefficient (Wildman–Crippen LogP) is 1.60. The lowest BCUT2D eigenvalue weighted by atomic mass is 10.2. The highest BCUT2D eigenvalue weighted by Crippen LogP contribution is 2.37. The monoisotopic (exact) mass is 194 g/mol. The van der Waals surface area contributed by atoms with E-state index in [-0.39, 0.29) is 5.54 Å². The molecule has 0 spiro atoms. The van der Waals surface area contributed by atoms with Crippen molar-refractivity contribution in [3.8, 4) is 0 Å². The van der Waals surface area contributed by atoms with Gasteiger partial charge >= 0.3 is 0 Å². The summed E-state index contributed by atoms with van der Waals surface area (Å²) in [5.41, 5.74) is 6.42. The van der Waals surface area contributed by atoms with E-state index in [1.807, 2.05) is 0 Å². The van der Waals surface area contributed by atoms with Crippen LogP contribution in [0.15, 0.2) is 0 Å². The van der Waals surface area contributed by atoms with Crippen LogP contribution >= 0.6 is 0 Å². The lowest BCUT2D eigenvalue weighted by Crippen LogP contribution is -2.41. The van der Waals surface area contributed by atoms with E-state index in [4.69, 9.17) is 5.73 Å². The van der Waals surface area contributed by atoms with Gasteiger partial charge in [0, 0.05) is 25.2 Å². The molecule has 80 valence electrons. The zero-order valence-electron chi connectivity index (χ0n) is 9.04. The fourth-order valence-electron chi connectivity index (χ4n) is 2.30. The molecule has 0 radical (unpaired) electrons. The van der Waals surface area contributed by atoms with E-state index in [2.05, 4.69) is 4.90 Å². The van der Waals surface area contributed by atoms with Gasteiger partial charge in [0.1, 0.15) is 0 Å². The third kappa shape index (κ3) is 2.48. The van der Waals surface area contributed by atoms with Gasteiger partial charge in [-0.2, -0.15) is 0 Å². The molecule has 3 aliphatic rings. The van der Waals surface area contributed by atoms with Gasteiger partial charge < -0.3 is 10.6 Å². The predicted molar refractivity (Wildman–Crippen MR) is 58.0 cm³/mol. The first-order valence-corrected chi connectivity index (χ1v) is 6.25. The fraction of sp³-hybridized carbons (Fsp3) is 1.00. The van der Waals surface area contributed by atoms with Gasteiger partial charge in [0.25, 0.3) is 0 Å². The third-order valence-corrected chi connectivity index (χ3v) is 3.86. The first-order valence-electron chi connectivity index (χ1n) is 6.25. The van der Waals surface area contributed by atoms with Gasteiger partial charge in [-0.1, -0.05) is 0 Å².